The molecule has 3 rings (SSSR count). The Kier molecular flexibility index (Phi) is 4.67. The van der Waals surface area contributed by atoms with Gasteiger partial charge in [0, 0.05) is 24.6 Å². The van der Waals surface area contributed by atoms with Gasteiger partial charge in [-0.15, -0.1) is 0 Å². The van der Waals surface area contributed by atoms with E-state index >= 15 is 0 Å². The minimum atomic E-state index is -0.511. The van der Waals surface area contributed by atoms with E-state index in [1.807, 2.05) is 45.0 Å². The van der Waals surface area contributed by atoms with Crippen LogP contribution in [0.1, 0.15) is 39.2 Å². The Hall–Kier alpha value is -2.54. The molecule has 1 aliphatic carbocycles. The largest absolute Gasteiger partial charge is 0.444 e. The third-order valence-electron chi connectivity index (χ3n) is 4.67. The highest BCUT2D eigenvalue weighted by Gasteiger charge is 2.35. The summed E-state index contributed by atoms with van der Waals surface area (Å²) in [6.45, 7) is 6.76. The standard InChI is InChI=1S/C21H24N2O2/c1-21(2,3)25-20(24)23-12-11-18-17(15-7-5-4-6-8-15)10-9-16(13-22)19(18)14-23/h4-9,19H,10-12,14H2,1-3H3. The molecular weight excluding hydrogens is 312 g/mol. The van der Waals surface area contributed by atoms with E-state index in [1.165, 1.54) is 16.7 Å². The van der Waals surface area contributed by atoms with Gasteiger partial charge in [-0.3, -0.25) is 0 Å². The van der Waals surface area contributed by atoms with Crippen LogP contribution in [0.4, 0.5) is 4.79 Å². The minimum Gasteiger partial charge on any atom is -0.444 e. The number of piperidine rings is 1. The molecule has 1 unspecified atom stereocenters. The molecule has 1 amide bonds. The summed E-state index contributed by atoms with van der Waals surface area (Å²) in [4.78, 5) is 14.2. The molecule has 25 heavy (non-hydrogen) atoms. The van der Waals surface area contributed by atoms with Crippen molar-refractivity contribution < 1.29 is 9.53 Å². The van der Waals surface area contributed by atoms with E-state index in [-0.39, 0.29) is 12.0 Å². The molecule has 0 saturated carbocycles. The Morgan fingerprint density at radius 2 is 2.00 bits per heavy atom. The Morgan fingerprint density at radius 3 is 2.64 bits per heavy atom. The summed E-state index contributed by atoms with van der Waals surface area (Å²) in [6, 6.07) is 12.7. The van der Waals surface area contributed by atoms with E-state index in [4.69, 9.17) is 4.74 Å². The number of carbonyl (C=O) groups excluding carboxylic acids is 1. The molecule has 0 aromatic heterocycles. The molecular formula is C21H24N2O2. The van der Waals surface area contributed by atoms with E-state index in [1.54, 1.807) is 4.90 Å². The number of amides is 1. The zero-order valence-electron chi connectivity index (χ0n) is 15.1. The van der Waals surface area contributed by atoms with E-state index in [0.717, 1.165) is 18.4 Å². The first-order chi connectivity index (χ1) is 11.9. The van der Waals surface area contributed by atoms with Crippen molar-refractivity contribution >= 4 is 11.7 Å². The van der Waals surface area contributed by atoms with Crippen LogP contribution in [0.2, 0.25) is 0 Å². The number of carbonyl (C=O) groups is 1. The first kappa shape index (κ1) is 17.3. The summed E-state index contributed by atoms with van der Waals surface area (Å²) in [5.41, 5.74) is 4.06. The lowest BCUT2D eigenvalue weighted by atomic mass is 9.76. The van der Waals surface area contributed by atoms with Gasteiger partial charge in [0.05, 0.1) is 6.07 Å². The van der Waals surface area contributed by atoms with Crippen molar-refractivity contribution in [3.63, 3.8) is 0 Å². The number of fused-ring (bicyclic) bond motifs is 1. The Labute approximate surface area is 149 Å². The summed E-state index contributed by atoms with van der Waals surface area (Å²) in [5.74, 6) is -0.0183. The van der Waals surface area contributed by atoms with Gasteiger partial charge in [-0.1, -0.05) is 42.0 Å². The van der Waals surface area contributed by atoms with Crippen LogP contribution in [-0.4, -0.2) is 29.7 Å². The van der Waals surface area contributed by atoms with Crippen LogP contribution in [-0.2, 0) is 4.74 Å². The number of nitrogens with zero attached hydrogens (tertiary/aromatic N) is 2. The molecule has 0 spiro atoms. The van der Waals surface area contributed by atoms with Crippen molar-refractivity contribution in [3.8, 4) is 6.07 Å². The molecule has 4 heteroatoms. The van der Waals surface area contributed by atoms with E-state index in [9.17, 15) is 10.1 Å². The Balaban J connectivity index is 1.87. The molecule has 4 nitrogen and oxygen atoms in total. The lowest BCUT2D eigenvalue weighted by Crippen LogP contribution is -2.44. The summed E-state index contributed by atoms with van der Waals surface area (Å²) < 4.78 is 5.51. The number of benzene rings is 1. The number of hydrogen-bond acceptors (Lipinski definition) is 3. The topological polar surface area (TPSA) is 53.3 Å². The van der Waals surface area contributed by atoms with Crippen molar-refractivity contribution in [1.82, 2.24) is 4.90 Å². The number of likely N-dealkylation sites (tertiary alicyclic amines) is 1. The van der Waals surface area contributed by atoms with Crippen LogP contribution in [0.5, 0.6) is 0 Å². The molecule has 1 saturated heterocycles. The molecule has 1 aromatic rings. The van der Waals surface area contributed by atoms with Crippen molar-refractivity contribution in [2.24, 2.45) is 5.92 Å². The van der Waals surface area contributed by atoms with Crippen LogP contribution in [0.15, 0.2) is 47.6 Å². The zero-order chi connectivity index (χ0) is 18.0. The zero-order valence-corrected chi connectivity index (χ0v) is 15.1. The summed E-state index contributed by atoms with van der Waals surface area (Å²) in [7, 11) is 0. The average molecular weight is 336 g/mol. The van der Waals surface area contributed by atoms with Crippen molar-refractivity contribution in [2.45, 2.75) is 39.2 Å². The maximum atomic E-state index is 12.4. The molecule has 1 atom stereocenters. The lowest BCUT2D eigenvalue weighted by Gasteiger charge is -2.38. The maximum absolute atomic E-state index is 12.4. The van der Waals surface area contributed by atoms with Gasteiger partial charge in [0.15, 0.2) is 0 Å². The van der Waals surface area contributed by atoms with Gasteiger partial charge in [-0.05, 0) is 44.7 Å². The first-order valence-electron chi connectivity index (χ1n) is 8.74. The highest BCUT2D eigenvalue weighted by atomic mass is 16.6. The molecule has 0 N–H and O–H groups in total. The fraction of sp³-hybridized carbons (Fsp3) is 0.429. The van der Waals surface area contributed by atoms with E-state index in [0.29, 0.717) is 13.1 Å². The van der Waals surface area contributed by atoms with Gasteiger partial charge in [0.2, 0.25) is 0 Å². The number of rotatable bonds is 1. The predicted octanol–water partition coefficient (Wildman–Crippen LogP) is 4.55. The number of nitriles is 1. The molecule has 2 aliphatic rings. The van der Waals surface area contributed by atoms with Gasteiger partial charge in [-0.25, -0.2) is 4.79 Å². The maximum Gasteiger partial charge on any atom is 0.410 e. The highest BCUT2D eigenvalue weighted by Crippen LogP contribution is 2.40. The Morgan fingerprint density at radius 1 is 1.28 bits per heavy atom. The third-order valence-corrected chi connectivity index (χ3v) is 4.67. The third kappa shape index (κ3) is 3.76. The van der Waals surface area contributed by atoms with Crippen molar-refractivity contribution in [3.05, 3.63) is 53.1 Å². The van der Waals surface area contributed by atoms with Gasteiger partial charge < -0.3 is 9.64 Å². The summed E-state index contributed by atoms with van der Waals surface area (Å²) >= 11 is 0. The van der Waals surface area contributed by atoms with E-state index < -0.39 is 5.60 Å². The molecule has 130 valence electrons. The molecule has 0 radical (unpaired) electrons. The number of hydrogen-bond donors (Lipinski definition) is 0. The van der Waals surface area contributed by atoms with Crippen LogP contribution in [0.3, 0.4) is 0 Å². The second-order valence-electron chi connectivity index (χ2n) is 7.57. The monoisotopic (exact) mass is 336 g/mol. The molecule has 0 bridgehead atoms. The van der Waals surface area contributed by atoms with Gasteiger partial charge in [-0.2, -0.15) is 5.26 Å². The average Bonchev–Trinajstić information content (AvgIpc) is 2.59. The molecule has 1 aromatic carbocycles. The molecule has 1 aliphatic heterocycles. The minimum absolute atomic E-state index is 0.0183. The fourth-order valence-electron chi connectivity index (χ4n) is 3.54. The first-order valence-corrected chi connectivity index (χ1v) is 8.74. The van der Waals surface area contributed by atoms with Crippen LogP contribution in [0.25, 0.3) is 5.57 Å². The highest BCUT2D eigenvalue weighted by molar-refractivity contribution is 5.75. The molecule has 1 fully saturated rings. The van der Waals surface area contributed by atoms with Gasteiger partial charge in [0.1, 0.15) is 5.60 Å². The van der Waals surface area contributed by atoms with Crippen molar-refractivity contribution in [1.29, 1.82) is 5.26 Å². The molecule has 1 heterocycles. The van der Waals surface area contributed by atoms with Gasteiger partial charge in [0.25, 0.3) is 0 Å². The quantitative estimate of drug-likeness (QED) is 0.756. The van der Waals surface area contributed by atoms with Crippen LogP contribution in [0, 0.1) is 17.2 Å². The van der Waals surface area contributed by atoms with Crippen molar-refractivity contribution in [2.75, 3.05) is 13.1 Å². The predicted molar refractivity (Wildman–Crippen MR) is 97.6 cm³/mol. The van der Waals surface area contributed by atoms with Crippen LogP contribution < -0.4 is 0 Å². The second-order valence-corrected chi connectivity index (χ2v) is 7.57. The normalized spacial score (nSPS) is 20.5. The number of allylic oxidation sites excluding steroid dienone is 2. The number of ether oxygens (including phenoxy) is 1. The summed E-state index contributed by atoms with van der Waals surface area (Å²) in [5, 5.41) is 9.52. The van der Waals surface area contributed by atoms with Crippen LogP contribution >= 0.6 is 0 Å². The summed E-state index contributed by atoms with van der Waals surface area (Å²) in [6.07, 6.45) is 3.28. The smallest absolute Gasteiger partial charge is 0.410 e. The SMILES string of the molecule is CC(C)(C)OC(=O)N1CCC2=C(c3ccccc3)CC=C(C#N)C2C1. The lowest BCUT2D eigenvalue weighted by molar-refractivity contribution is 0.0214. The second kappa shape index (κ2) is 6.76. The fourth-order valence-corrected chi connectivity index (χ4v) is 3.54. The van der Waals surface area contributed by atoms with Gasteiger partial charge >= 0.3 is 6.09 Å². The van der Waals surface area contributed by atoms with E-state index in [2.05, 4.69) is 18.2 Å². The Bertz CT molecular complexity index is 763.